The van der Waals surface area contributed by atoms with Gasteiger partial charge in [-0.1, -0.05) is 24.3 Å². The molecule has 0 radical (unpaired) electrons. The van der Waals surface area contributed by atoms with Crippen LogP contribution in [-0.4, -0.2) is 48.1 Å². The molecule has 1 N–H and O–H groups in total. The predicted octanol–water partition coefficient (Wildman–Crippen LogP) is 2.39. The number of carboxylic acids is 1. The van der Waals surface area contributed by atoms with Crippen LogP contribution in [0.2, 0.25) is 0 Å². The van der Waals surface area contributed by atoms with Crippen molar-refractivity contribution < 1.29 is 19.1 Å². The van der Waals surface area contributed by atoms with Crippen molar-refractivity contribution in [2.45, 2.75) is 12.8 Å². The lowest BCUT2D eigenvalue weighted by Gasteiger charge is -2.45. The highest BCUT2D eigenvalue weighted by molar-refractivity contribution is 5.86. The molecule has 138 valence electrons. The zero-order valence-corrected chi connectivity index (χ0v) is 14.6. The number of carbonyl (C=O) groups is 2. The maximum Gasteiger partial charge on any atom is 0.307 e. The van der Waals surface area contributed by atoms with E-state index in [4.69, 9.17) is 0 Å². The Kier molecular flexibility index (Phi) is 4.42. The molecule has 1 aromatic rings. The van der Waals surface area contributed by atoms with Crippen LogP contribution in [0.3, 0.4) is 0 Å². The number of piperazine rings is 1. The van der Waals surface area contributed by atoms with Crippen molar-refractivity contribution in [3.8, 4) is 0 Å². The van der Waals surface area contributed by atoms with Crippen molar-refractivity contribution in [3.05, 3.63) is 42.2 Å². The van der Waals surface area contributed by atoms with Crippen molar-refractivity contribution in [1.29, 1.82) is 0 Å². The molecule has 1 saturated heterocycles. The lowest BCUT2D eigenvalue weighted by molar-refractivity contribution is -0.156. The minimum Gasteiger partial charge on any atom is -0.481 e. The highest BCUT2D eigenvalue weighted by Gasteiger charge is 2.49. The number of aliphatic carboxylic acids is 1. The van der Waals surface area contributed by atoms with Gasteiger partial charge >= 0.3 is 5.97 Å². The third-order valence-corrected chi connectivity index (χ3v) is 6.10. The number of carbonyl (C=O) groups excluding carboxylic acids is 1. The van der Waals surface area contributed by atoms with Crippen LogP contribution in [0, 0.1) is 29.5 Å². The summed E-state index contributed by atoms with van der Waals surface area (Å²) in [6, 6.07) is 6.66. The van der Waals surface area contributed by atoms with Gasteiger partial charge in [0.1, 0.15) is 5.82 Å². The Morgan fingerprint density at radius 3 is 2.15 bits per heavy atom. The standard InChI is InChI=1S/C20H23FN2O3/c21-15-3-1-2-4-16(15)22-9-11-23(12-10-22)19(24)17-13-5-7-14(8-6-13)18(17)20(25)26/h1-5,7,13-14,17-18H,6,8-12H2,(H,25,26)/t13-,14+,17+,18+/m1/s1. The molecule has 1 heterocycles. The molecule has 2 fully saturated rings. The summed E-state index contributed by atoms with van der Waals surface area (Å²) in [5.41, 5.74) is 0.558. The van der Waals surface area contributed by atoms with Crippen LogP contribution in [0.15, 0.2) is 36.4 Å². The van der Waals surface area contributed by atoms with E-state index in [1.807, 2.05) is 17.1 Å². The van der Waals surface area contributed by atoms with Gasteiger partial charge in [0.15, 0.2) is 0 Å². The Hall–Kier alpha value is -2.37. The molecule has 5 nitrogen and oxygen atoms in total. The second kappa shape index (κ2) is 6.74. The summed E-state index contributed by atoms with van der Waals surface area (Å²) >= 11 is 0. The zero-order valence-electron chi connectivity index (χ0n) is 14.6. The van der Waals surface area contributed by atoms with E-state index in [9.17, 15) is 19.1 Å². The van der Waals surface area contributed by atoms with E-state index in [0.717, 1.165) is 12.8 Å². The highest BCUT2D eigenvalue weighted by Crippen LogP contribution is 2.45. The van der Waals surface area contributed by atoms with Gasteiger partial charge in [-0.15, -0.1) is 0 Å². The van der Waals surface area contributed by atoms with E-state index < -0.39 is 17.8 Å². The average Bonchev–Trinajstić information content (AvgIpc) is 2.68. The number of para-hydroxylation sites is 1. The molecule has 1 amide bonds. The molecule has 0 unspecified atom stereocenters. The molecule has 0 aromatic heterocycles. The second-order valence-corrected chi connectivity index (χ2v) is 7.44. The number of hydrogen-bond acceptors (Lipinski definition) is 3. The molecule has 4 aliphatic rings. The first-order chi connectivity index (χ1) is 12.6. The van der Waals surface area contributed by atoms with E-state index in [1.165, 1.54) is 6.07 Å². The van der Waals surface area contributed by atoms with Crippen LogP contribution in [0.1, 0.15) is 12.8 Å². The third kappa shape index (κ3) is 2.87. The summed E-state index contributed by atoms with van der Waals surface area (Å²) in [6.07, 6.45) is 5.75. The minimum absolute atomic E-state index is 0.0261. The van der Waals surface area contributed by atoms with Gasteiger partial charge in [-0.3, -0.25) is 9.59 Å². The Balaban J connectivity index is 1.46. The van der Waals surface area contributed by atoms with Crippen molar-refractivity contribution in [3.63, 3.8) is 0 Å². The van der Waals surface area contributed by atoms with Gasteiger partial charge in [0.05, 0.1) is 17.5 Å². The van der Waals surface area contributed by atoms with Gasteiger partial charge in [0.25, 0.3) is 0 Å². The first kappa shape index (κ1) is 17.1. The van der Waals surface area contributed by atoms with Crippen LogP contribution in [0.5, 0.6) is 0 Å². The summed E-state index contributed by atoms with van der Waals surface area (Å²) < 4.78 is 14.0. The Labute approximate surface area is 152 Å². The van der Waals surface area contributed by atoms with Crippen molar-refractivity contribution in [2.24, 2.45) is 23.7 Å². The topological polar surface area (TPSA) is 60.9 Å². The fraction of sp³-hybridized carbons (Fsp3) is 0.500. The van der Waals surface area contributed by atoms with E-state index >= 15 is 0 Å². The minimum atomic E-state index is -0.868. The summed E-state index contributed by atoms with van der Waals surface area (Å²) in [5.74, 6) is -2.26. The van der Waals surface area contributed by atoms with Crippen molar-refractivity contribution >= 4 is 17.6 Å². The number of anilines is 1. The van der Waals surface area contributed by atoms with E-state index in [1.54, 1.807) is 23.1 Å². The first-order valence-corrected chi connectivity index (χ1v) is 9.25. The quantitative estimate of drug-likeness (QED) is 0.843. The molecule has 1 saturated carbocycles. The number of carboxylic acid groups (broad SMARTS) is 1. The number of benzene rings is 1. The van der Waals surface area contributed by atoms with Crippen molar-refractivity contribution in [2.75, 3.05) is 31.1 Å². The molecule has 2 bridgehead atoms. The smallest absolute Gasteiger partial charge is 0.307 e. The average molecular weight is 358 g/mol. The van der Waals surface area contributed by atoms with Gasteiger partial charge in [-0.05, 0) is 36.8 Å². The van der Waals surface area contributed by atoms with E-state index in [2.05, 4.69) is 0 Å². The number of hydrogen-bond donors (Lipinski definition) is 1. The van der Waals surface area contributed by atoms with Crippen LogP contribution >= 0.6 is 0 Å². The first-order valence-electron chi connectivity index (χ1n) is 9.25. The molecule has 0 spiro atoms. The Bertz CT molecular complexity index is 742. The zero-order chi connectivity index (χ0) is 18.3. The lowest BCUT2D eigenvalue weighted by Crippen LogP contribution is -2.55. The maximum atomic E-state index is 14.0. The van der Waals surface area contributed by atoms with Crippen LogP contribution in [0.4, 0.5) is 10.1 Å². The molecule has 3 aliphatic carbocycles. The number of rotatable bonds is 3. The van der Waals surface area contributed by atoms with E-state index in [0.29, 0.717) is 31.9 Å². The number of fused-ring (bicyclic) bond motifs is 2. The lowest BCUT2D eigenvalue weighted by atomic mass is 9.62. The number of amides is 1. The molecule has 1 aliphatic heterocycles. The monoisotopic (exact) mass is 358 g/mol. The molecule has 6 heteroatoms. The fourth-order valence-corrected chi connectivity index (χ4v) is 4.75. The molecule has 1 aromatic carbocycles. The molecule has 26 heavy (non-hydrogen) atoms. The Morgan fingerprint density at radius 1 is 0.962 bits per heavy atom. The summed E-state index contributed by atoms with van der Waals surface area (Å²) in [7, 11) is 0. The predicted molar refractivity (Wildman–Crippen MR) is 95.2 cm³/mol. The molecule has 4 atom stereocenters. The normalized spacial score (nSPS) is 30.5. The second-order valence-electron chi connectivity index (χ2n) is 7.44. The van der Waals surface area contributed by atoms with E-state index in [-0.39, 0.29) is 23.6 Å². The molecule has 5 rings (SSSR count). The number of allylic oxidation sites excluding steroid dienone is 2. The van der Waals surface area contributed by atoms with Gasteiger partial charge in [0, 0.05) is 26.2 Å². The Morgan fingerprint density at radius 2 is 1.58 bits per heavy atom. The summed E-state index contributed by atoms with van der Waals surface area (Å²) in [5, 5.41) is 9.64. The molecular weight excluding hydrogens is 335 g/mol. The SMILES string of the molecule is O=C(O)[C@@H]1[C@@H](C(=O)N2CCN(c3ccccc3F)CC2)[C@@H]2C=C[C@H]1CC2. The highest BCUT2D eigenvalue weighted by atomic mass is 19.1. The van der Waals surface area contributed by atoms with Crippen LogP contribution in [0.25, 0.3) is 0 Å². The fourth-order valence-electron chi connectivity index (χ4n) is 4.75. The summed E-state index contributed by atoms with van der Waals surface area (Å²) in [4.78, 5) is 28.6. The maximum absolute atomic E-state index is 14.0. The number of halogens is 1. The largest absolute Gasteiger partial charge is 0.481 e. The van der Waals surface area contributed by atoms with Crippen LogP contribution < -0.4 is 4.90 Å². The van der Waals surface area contributed by atoms with Crippen LogP contribution in [-0.2, 0) is 9.59 Å². The number of nitrogens with zero attached hydrogens (tertiary/aromatic N) is 2. The van der Waals surface area contributed by atoms with Crippen molar-refractivity contribution in [1.82, 2.24) is 4.90 Å². The van der Waals surface area contributed by atoms with Gasteiger partial charge < -0.3 is 14.9 Å². The van der Waals surface area contributed by atoms with Gasteiger partial charge in [0.2, 0.25) is 5.91 Å². The summed E-state index contributed by atoms with van der Waals surface area (Å²) in [6.45, 7) is 2.11. The van der Waals surface area contributed by atoms with Gasteiger partial charge in [-0.25, -0.2) is 4.39 Å². The third-order valence-electron chi connectivity index (χ3n) is 6.10. The molecular formula is C20H23FN2O3. The van der Waals surface area contributed by atoms with Gasteiger partial charge in [-0.2, -0.15) is 0 Å².